The lowest BCUT2D eigenvalue weighted by Gasteiger charge is -2.24. The molecule has 3 heterocycles. The van der Waals surface area contributed by atoms with Gasteiger partial charge in [0.2, 0.25) is 5.88 Å². The second kappa shape index (κ2) is 3.90. The highest BCUT2D eigenvalue weighted by Gasteiger charge is 2.38. The Labute approximate surface area is 94.8 Å². The average molecular weight is 220 g/mol. The van der Waals surface area contributed by atoms with Gasteiger partial charge in [-0.05, 0) is 12.3 Å². The fourth-order valence-electron chi connectivity index (χ4n) is 2.73. The van der Waals surface area contributed by atoms with Gasteiger partial charge >= 0.3 is 0 Å². The van der Waals surface area contributed by atoms with Crippen molar-refractivity contribution < 1.29 is 4.74 Å². The van der Waals surface area contributed by atoms with Crippen LogP contribution in [-0.2, 0) is 0 Å². The quantitative estimate of drug-likeness (QED) is 0.776. The molecule has 0 amide bonds. The Morgan fingerprint density at radius 3 is 3.25 bits per heavy atom. The van der Waals surface area contributed by atoms with Crippen LogP contribution in [0.1, 0.15) is 6.42 Å². The molecule has 0 aromatic carbocycles. The lowest BCUT2D eigenvalue weighted by atomic mass is 10.1. The van der Waals surface area contributed by atoms with Gasteiger partial charge in [0.1, 0.15) is 12.1 Å². The topological polar surface area (TPSA) is 50.3 Å². The molecule has 3 rings (SSSR count). The largest absolute Gasteiger partial charge is 0.481 e. The molecule has 0 unspecified atom stereocenters. The summed E-state index contributed by atoms with van der Waals surface area (Å²) in [5.41, 5.74) is 0. The van der Waals surface area contributed by atoms with Gasteiger partial charge in [-0.3, -0.25) is 0 Å². The first kappa shape index (κ1) is 9.84. The molecule has 86 valence electrons. The van der Waals surface area contributed by atoms with Gasteiger partial charge in [-0.15, -0.1) is 0 Å². The van der Waals surface area contributed by atoms with Gasteiger partial charge in [-0.25, -0.2) is 9.97 Å². The lowest BCUT2D eigenvalue weighted by molar-refractivity contribution is 0.396. The molecule has 0 radical (unpaired) electrons. The number of ether oxygens (including phenoxy) is 1. The summed E-state index contributed by atoms with van der Waals surface area (Å²) < 4.78 is 5.13. The zero-order chi connectivity index (χ0) is 11.0. The monoisotopic (exact) mass is 220 g/mol. The van der Waals surface area contributed by atoms with E-state index in [1.807, 2.05) is 6.07 Å². The average Bonchev–Trinajstić information content (AvgIpc) is 2.90. The third kappa shape index (κ3) is 1.51. The molecular weight excluding hydrogens is 204 g/mol. The predicted octanol–water partition coefficient (Wildman–Crippen LogP) is 0.283. The van der Waals surface area contributed by atoms with E-state index < -0.39 is 0 Å². The minimum atomic E-state index is 0.597. The van der Waals surface area contributed by atoms with Crippen molar-refractivity contribution in [1.29, 1.82) is 0 Å². The predicted molar refractivity (Wildman–Crippen MR) is 60.7 cm³/mol. The Morgan fingerprint density at radius 2 is 2.38 bits per heavy atom. The first-order valence-corrected chi connectivity index (χ1v) is 5.72. The van der Waals surface area contributed by atoms with Crippen LogP contribution in [0.3, 0.4) is 0 Å². The van der Waals surface area contributed by atoms with E-state index in [-0.39, 0.29) is 0 Å². The molecule has 2 saturated heterocycles. The number of rotatable bonds is 2. The minimum Gasteiger partial charge on any atom is -0.481 e. The summed E-state index contributed by atoms with van der Waals surface area (Å²) in [6.45, 7) is 3.30. The Kier molecular flexibility index (Phi) is 2.40. The summed E-state index contributed by atoms with van der Waals surface area (Å²) in [4.78, 5) is 10.7. The summed E-state index contributed by atoms with van der Waals surface area (Å²) in [5.74, 6) is 2.41. The summed E-state index contributed by atoms with van der Waals surface area (Å²) in [5, 5.41) is 3.44. The van der Waals surface area contributed by atoms with Crippen LogP contribution >= 0.6 is 0 Å². The maximum Gasteiger partial charge on any atom is 0.218 e. The van der Waals surface area contributed by atoms with Crippen molar-refractivity contribution in [2.24, 2.45) is 5.92 Å². The van der Waals surface area contributed by atoms with Crippen molar-refractivity contribution in [2.75, 3.05) is 31.6 Å². The van der Waals surface area contributed by atoms with E-state index in [0.717, 1.165) is 31.4 Å². The van der Waals surface area contributed by atoms with E-state index in [2.05, 4.69) is 20.2 Å². The molecule has 1 N–H and O–H groups in total. The van der Waals surface area contributed by atoms with Gasteiger partial charge in [0.05, 0.1) is 7.11 Å². The van der Waals surface area contributed by atoms with Crippen LogP contribution in [0.25, 0.3) is 0 Å². The van der Waals surface area contributed by atoms with Crippen LogP contribution in [0, 0.1) is 5.92 Å². The molecule has 0 aliphatic carbocycles. The van der Waals surface area contributed by atoms with Crippen LogP contribution in [0.5, 0.6) is 5.88 Å². The zero-order valence-electron chi connectivity index (χ0n) is 9.39. The summed E-state index contributed by atoms with van der Waals surface area (Å²) in [6.07, 6.45) is 2.83. The highest BCUT2D eigenvalue weighted by Crippen LogP contribution is 2.31. The number of methoxy groups -OCH3 is 1. The van der Waals surface area contributed by atoms with Crippen molar-refractivity contribution in [3.05, 3.63) is 12.4 Å². The zero-order valence-corrected chi connectivity index (χ0v) is 9.39. The molecule has 0 bridgehead atoms. The first-order valence-electron chi connectivity index (χ1n) is 5.72. The first-order chi connectivity index (χ1) is 7.88. The van der Waals surface area contributed by atoms with Crippen molar-refractivity contribution in [3.8, 4) is 5.88 Å². The lowest BCUT2D eigenvalue weighted by Crippen LogP contribution is -2.34. The second-order valence-corrected chi connectivity index (χ2v) is 4.39. The van der Waals surface area contributed by atoms with E-state index in [0.29, 0.717) is 11.9 Å². The number of hydrogen-bond donors (Lipinski definition) is 1. The van der Waals surface area contributed by atoms with Crippen molar-refractivity contribution in [1.82, 2.24) is 15.3 Å². The Balaban J connectivity index is 1.86. The molecule has 2 aliphatic rings. The van der Waals surface area contributed by atoms with Crippen molar-refractivity contribution in [2.45, 2.75) is 12.5 Å². The Bertz CT molecular complexity index is 384. The van der Waals surface area contributed by atoms with Crippen molar-refractivity contribution in [3.63, 3.8) is 0 Å². The van der Waals surface area contributed by atoms with Crippen LogP contribution in [-0.4, -0.2) is 42.8 Å². The molecule has 0 saturated carbocycles. The van der Waals surface area contributed by atoms with Crippen LogP contribution in [0.15, 0.2) is 12.4 Å². The van der Waals surface area contributed by atoms with Gasteiger partial charge in [0.25, 0.3) is 0 Å². The highest BCUT2D eigenvalue weighted by atomic mass is 16.5. The standard InChI is InChI=1S/C11H16N4O/c1-16-11-4-10(13-7-14-11)15-3-2-8-5-12-6-9(8)15/h4,7-9,12H,2-3,5-6H2,1H3/t8-,9+/m0/s1. The number of hydrogen-bond acceptors (Lipinski definition) is 5. The minimum absolute atomic E-state index is 0.597. The maximum atomic E-state index is 5.13. The number of anilines is 1. The fraction of sp³-hybridized carbons (Fsp3) is 0.636. The normalized spacial score (nSPS) is 28.2. The van der Waals surface area contributed by atoms with Crippen molar-refractivity contribution >= 4 is 5.82 Å². The van der Waals surface area contributed by atoms with E-state index in [1.54, 1.807) is 13.4 Å². The molecule has 16 heavy (non-hydrogen) atoms. The summed E-state index contributed by atoms with van der Waals surface area (Å²) >= 11 is 0. The van der Waals surface area contributed by atoms with Crippen LogP contribution < -0.4 is 15.0 Å². The summed E-state index contributed by atoms with van der Waals surface area (Å²) in [7, 11) is 1.63. The van der Waals surface area contributed by atoms with Crippen LogP contribution in [0.4, 0.5) is 5.82 Å². The molecule has 0 spiro atoms. The van der Waals surface area contributed by atoms with E-state index in [1.165, 1.54) is 6.42 Å². The molecule has 2 aliphatic heterocycles. The van der Waals surface area contributed by atoms with E-state index in [4.69, 9.17) is 4.74 Å². The number of nitrogens with zero attached hydrogens (tertiary/aromatic N) is 3. The molecule has 2 atom stereocenters. The van der Waals surface area contributed by atoms with Gasteiger partial charge < -0.3 is 15.0 Å². The second-order valence-electron chi connectivity index (χ2n) is 4.39. The van der Waals surface area contributed by atoms with Gasteiger partial charge in [0.15, 0.2) is 0 Å². The highest BCUT2D eigenvalue weighted by molar-refractivity contribution is 5.44. The summed E-state index contributed by atoms with van der Waals surface area (Å²) in [6, 6.07) is 2.51. The SMILES string of the molecule is COc1cc(N2CC[C@H]3CNC[C@H]32)ncn1. The molecule has 1 aromatic rings. The third-order valence-corrected chi connectivity index (χ3v) is 3.58. The van der Waals surface area contributed by atoms with E-state index >= 15 is 0 Å². The number of nitrogens with one attached hydrogen (secondary N) is 1. The maximum absolute atomic E-state index is 5.13. The number of fused-ring (bicyclic) bond motifs is 1. The van der Waals surface area contributed by atoms with Gasteiger partial charge in [0, 0.05) is 31.7 Å². The van der Waals surface area contributed by atoms with Gasteiger partial charge in [-0.1, -0.05) is 0 Å². The third-order valence-electron chi connectivity index (χ3n) is 3.58. The molecule has 1 aromatic heterocycles. The Morgan fingerprint density at radius 1 is 1.44 bits per heavy atom. The molecule has 5 nitrogen and oxygen atoms in total. The van der Waals surface area contributed by atoms with Crippen LogP contribution in [0.2, 0.25) is 0 Å². The number of aromatic nitrogens is 2. The molecular formula is C11H16N4O. The Hall–Kier alpha value is -1.36. The fourth-order valence-corrected chi connectivity index (χ4v) is 2.73. The smallest absolute Gasteiger partial charge is 0.218 e. The molecule has 2 fully saturated rings. The van der Waals surface area contributed by atoms with E-state index in [9.17, 15) is 0 Å². The molecule has 5 heteroatoms. The van der Waals surface area contributed by atoms with Gasteiger partial charge in [-0.2, -0.15) is 0 Å².